The Hall–Kier alpha value is -0.500. The third-order valence-corrected chi connectivity index (χ3v) is 1.12. The zero-order valence-electron chi connectivity index (χ0n) is 6.39. The van der Waals surface area contributed by atoms with Crippen molar-refractivity contribution in [2.24, 2.45) is 17.4 Å². The molecule has 0 radical (unpaired) electrons. The van der Waals surface area contributed by atoms with Crippen LogP contribution in [0.25, 0.3) is 0 Å². The molecule has 0 aliphatic carbocycles. The molecule has 0 saturated carbocycles. The van der Waals surface area contributed by atoms with Crippen molar-refractivity contribution in [3.8, 4) is 0 Å². The van der Waals surface area contributed by atoms with Crippen LogP contribution in [0.1, 0.15) is 20.8 Å². The summed E-state index contributed by atoms with van der Waals surface area (Å²) < 4.78 is 0. The van der Waals surface area contributed by atoms with E-state index in [4.69, 9.17) is 11.5 Å². The van der Waals surface area contributed by atoms with Crippen LogP contribution in [0.4, 0.5) is 0 Å². The van der Waals surface area contributed by atoms with Gasteiger partial charge in [0.2, 0.25) is 0 Å². The van der Waals surface area contributed by atoms with Crippen molar-refractivity contribution < 1.29 is 0 Å². The normalized spacial score (nSPS) is 16.3. The smallest absolute Gasteiger partial charge is 0.0214 e. The Morgan fingerprint density at radius 2 is 1.78 bits per heavy atom. The van der Waals surface area contributed by atoms with Gasteiger partial charge >= 0.3 is 0 Å². The molecule has 0 aromatic carbocycles. The van der Waals surface area contributed by atoms with Crippen LogP contribution < -0.4 is 11.5 Å². The van der Waals surface area contributed by atoms with E-state index in [2.05, 4.69) is 0 Å². The highest BCUT2D eigenvalue weighted by atomic mass is 14.6. The maximum absolute atomic E-state index is 5.60. The average Bonchev–Trinajstić information content (AvgIpc) is 1.63. The molecule has 1 atom stereocenters. The summed E-state index contributed by atoms with van der Waals surface area (Å²) in [5.74, 6) is 0.413. The van der Waals surface area contributed by atoms with Crippen LogP contribution in [0.15, 0.2) is 11.8 Å². The molecule has 0 heterocycles. The minimum atomic E-state index is 0.0763. The lowest BCUT2D eigenvalue weighted by molar-refractivity contribution is 0.739. The predicted octanol–water partition coefficient (Wildman–Crippen LogP) is 0.832. The number of nitrogens with two attached hydrogens (primary N) is 2. The zero-order chi connectivity index (χ0) is 7.44. The van der Waals surface area contributed by atoms with E-state index >= 15 is 0 Å². The van der Waals surface area contributed by atoms with Crippen LogP contribution >= 0.6 is 0 Å². The Labute approximate surface area is 56.9 Å². The first-order chi connectivity index (χ1) is 4.04. The summed E-state index contributed by atoms with van der Waals surface area (Å²) in [5.41, 5.74) is 12.0. The molecule has 4 N–H and O–H groups in total. The monoisotopic (exact) mass is 128 g/mol. The predicted molar refractivity (Wildman–Crippen MR) is 40.8 cm³/mol. The van der Waals surface area contributed by atoms with Crippen molar-refractivity contribution in [1.29, 1.82) is 0 Å². The quantitative estimate of drug-likeness (QED) is 0.578. The summed E-state index contributed by atoms with van der Waals surface area (Å²) >= 11 is 0. The standard InChI is InChI=1S/C7H16N2/c1-5(2)7(9)4-6(3)8/h4-6H,8-9H2,1-3H3/b7-4+. The molecule has 0 aliphatic rings. The van der Waals surface area contributed by atoms with Gasteiger partial charge in [-0.25, -0.2) is 0 Å². The van der Waals surface area contributed by atoms with Gasteiger partial charge in [-0.15, -0.1) is 0 Å². The van der Waals surface area contributed by atoms with E-state index in [1.165, 1.54) is 0 Å². The summed E-state index contributed by atoms with van der Waals surface area (Å²) in [4.78, 5) is 0. The zero-order valence-corrected chi connectivity index (χ0v) is 6.39. The third-order valence-electron chi connectivity index (χ3n) is 1.12. The van der Waals surface area contributed by atoms with E-state index in [0.717, 1.165) is 5.70 Å². The molecule has 0 aliphatic heterocycles. The first kappa shape index (κ1) is 8.50. The fourth-order valence-electron chi connectivity index (χ4n) is 0.496. The lowest BCUT2D eigenvalue weighted by atomic mass is 10.1. The summed E-state index contributed by atoms with van der Waals surface area (Å²) in [6.45, 7) is 6.01. The van der Waals surface area contributed by atoms with Gasteiger partial charge in [0.15, 0.2) is 0 Å². The second-order valence-corrected chi connectivity index (χ2v) is 2.68. The van der Waals surface area contributed by atoms with Crippen molar-refractivity contribution >= 4 is 0 Å². The highest BCUT2D eigenvalue weighted by molar-refractivity contribution is 5.02. The maximum atomic E-state index is 5.60. The Kier molecular flexibility index (Phi) is 3.32. The topological polar surface area (TPSA) is 52.0 Å². The number of allylic oxidation sites excluding steroid dienone is 1. The molecule has 54 valence electrons. The highest BCUT2D eigenvalue weighted by Crippen LogP contribution is 2.01. The molecule has 0 aromatic rings. The van der Waals surface area contributed by atoms with E-state index in [-0.39, 0.29) is 6.04 Å². The van der Waals surface area contributed by atoms with Crippen LogP contribution in [-0.2, 0) is 0 Å². The van der Waals surface area contributed by atoms with Crippen LogP contribution in [0.3, 0.4) is 0 Å². The molecule has 0 fully saturated rings. The fourth-order valence-corrected chi connectivity index (χ4v) is 0.496. The van der Waals surface area contributed by atoms with Gasteiger partial charge in [0.1, 0.15) is 0 Å². The Balaban J connectivity index is 3.84. The molecule has 0 bridgehead atoms. The van der Waals surface area contributed by atoms with Crippen molar-refractivity contribution in [2.45, 2.75) is 26.8 Å². The molecular formula is C7H16N2. The molecule has 0 spiro atoms. The van der Waals surface area contributed by atoms with Gasteiger partial charge < -0.3 is 11.5 Å². The van der Waals surface area contributed by atoms with Crippen molar-refractivity contribution in [3.63, 3.8) is 0 Å². The van der Waals surface area contributed by atoms with E-state index in [1.807, 2.05) is 26.8 Å². The van der Waals surface area contributed by atoms with Gasteiger partial charge in [-0.05, 0) is 18.9 Å². The number of hydrogen-bond acceptors (Lipinski definition) is 2. The number of rotatable bonds is 2. The molecular weight excluding hydrogens is 112 g/mol. The SMILES string of the molecule is CC(N)/C=C(/N)C(C)C. The third kappa shape index (κ3) is 4.03. The minimum absolute atomic E-state index is 0.0763. The second-order valence-electron chi connectivity index (χ2n) is 2.68. The number of hydrogen-bond donors (Lipinski definition) is 2. The molecule has 9 heavy (non-hydrogen) atoms. The maximum Gasteiger partial charge on any atom is 0.0214 e. The fraction of sp³-hybridized carbons (Fsp3) is 0.714. The Morgan fingerprint density at radius 3 is 1.89 bits per heavy atom. The largest absolute Gasteiger partial charge is 0.402 e. The highest BCUT2D eigenvalue weighted by Gasteiger charge is 1.96. The van der Waals surface area contributed by atoms with Gasteiger partial charge in [-0.3, -0.25) is 0 Å². The van der Waals surface area contributed by atoms with Gasteiger partial charge in [0.25, 0.3) is 0 Å². The van der Waals surface area contributed by atoms with E-state index < -0.39 is 0 Å². The molecule has 2 heteroatoms. The van der Waals surface area contributed by atoms with Crippen molar-refractivity contribution in [1.82, 2.24) is 0 Å². The summed E-state index contributed by atoms with van der Waals surface area (Å²) in [6, 6.07) is 0.0763. The van der Waals surface area contributed by atoms with E-state index in [0.29, 0.717) is 5.92 Å². The molecule has 0 rings (SSSR count). The lowest BCUT2D eigenvalue weighted by Gasteiger charge is -2.05. The van der Waals surface area contributed by atoms with Crippen molar-refractivity contribution in [2.75, 3.05) is 0 Å². The average molecular weight is 128 g/mol. The lowest BCUT2D eigenvalue weighted by Crippen LogP contribution is -2.16. The molecule has 1 unspecified atom stereocenters. The van der Waals surface area contributed by atoms with Crippen LogP contribution in [0, 0.1) is 5.92 Å². The van der Waals surface area contributed by atoms with Crippen LogP contribution in [0.2, 0.25) is 0 Å². The van der Waals surface area contributed by atoms with E-state index in [9.17, 15) is 0 Å². The second kappa shape index (κ2) is 3.51. The Morgan fingerprint density at radius 1 is 1.33 bits per heavy atom. The molecule has 0 aromatic heterocycles. The summed E-state index contributed by atoms with van der Waals surface area (Å²) in [6.07, 6.45) is 1.88. The van der Waals surface area contributed by atoms with E-state index in [1.54, 1.807) is 0 Å². The molecule has 0 amide bonds. The van der Waals surface area contributed by atoms with Crippen LogP contribution in [-0.4, -0.2) is 6.04 Å². The van der Waals surface area contributed by atoms with Gasteiger partial charge in [-0.1, -0.05) is 13.8 Å². The van der Waals surface area contributed by atoms with Gasteiger partial charge in [0, 0.05) is 11.7 Å². The Bertz CT molecular complexity index is 103. The van der Waals surface area contributed by atoms with Crippen molar-refractivity contribution in [3.05, 3.63) is 11.8 Å². The molecule has 2 nitrogen and oxygen atoms in total. The first-order valence-corrected chi connectivity index (χ1v) is 3.26. The summed E-state index contributed by atoms with van der Waals surface area (Å²) in [5, 5.41) is 0. The van der Waals surface area contributed by atoms with Gasteiger partial charge in [-0.2, -0.15) is 0 Å². The van der Waals surface area contributed by atoms with Crippen LogP contribution in [0.5, 0.6) is 0 Å². The molecule has 0 saturated heterocycles. The summed E-state index contributed by atoms with van der Waals surface area (Å²) in [7, 11) is 0. The first-order valence-electron chi connectivity index (χ1n) is 3.26. The minimum Gasteiger partial charge on any atom is -0.402 e. The van der Waals surface area contributed by atoms with Gasteiger partial charge in [0.05, 0.1) is 0 Å².